The molecule has 5 rings (SSSR count). The average molecular weight is 530 g/mol. The van der Waals surface area contributed by atoms with Crippen LogP contribution in [0.3, 0.4) is 0 Å². The predicted octanol–water partition coefficient (Wildman–Crippen LogP) is 7.66. The van der Waals surface area contributed by atoms with Crippen molar-refractivity contribution in [1.29, 1.82) is 0 Å². The summed E-state index contributed by atoms with van der Waals surface area (Å²) in [5.74, 6) is -0.909. The van der Waals surface area contributed by atoms with E-state index in [0.717, 1.165) is 11.1 Å². The van der Waals surface area contributed by atoms with E-state index in [1.807, 2.05) is 60.7 Å². The first-order valence-corrected chi connectivity index (χ1v) is 12.0. The van der Waals surface area contributed by atoms with E-state index in [2.05, 4.69) is 5.16 Å². The summed E-state index contributed by atoms with van der Waals surface area (Å²) < 4.78 is 31.3. The Kier molecular flexibility index (Phi) is 7.38. The molecule has 0 bridgehead atoms. The highest BCUT2D eigenvalue weighted by Crippen LogP contribution is 2.44. The van der Waals surface area contributed by atoms with Gasteiger partial charge in [-0.15, -0.1) is 0 Å². The van der Waals surface area contributed by atoms with Gasteiger partial charge in [-0.05, 0) is 34.9 Å². The number of benzene rings is 4. The number of aromatic nitrogens is 1. The highest BCUT2D eigenvalue weighted by molar-refractivity contribution is 6.32. The van der Waals surface area contributed by atoms with Gasteiger partial charge in [-0.2, -0.15) is 0 Å². The highest BCUT2D eigenvalue weighted by Gasteiger charge is 2.27. The molecule has 5 aromatic rings. The normalized spacial score (nSPS) is 10.8. The maximum absolute atomic E-state index is 13.6. The van der Waals surface area contributed by atoms with Gasteiger partial charge in [-0.3, -0.25) is 0 Å². The quantitative estimate of drug-likeness (QED) is 0.211. The smallest absolute Gasteiger partial charge is 0.358 e. The minimum atomic E-state index is -1.29. The van der Waals surface area contributed by atoms with E-state index in [9.17, 15) is 14.3 Å². The molecule has 4 aromatic carbocycles. The number of carbonyl (C=O) groups is 1. The van der Waals surface area contributed by atoms with Crippen LogP contribution < -0.4 is 9.47 Å². The summed E-state index contributed by atoms with van der Waals surface area (Å²) in [6.45, 7) is 0.504. The van der Waals surface area contributed by atoms with Gasteiger partial charge in [0.25, 0.3) is 0 Å². The second-order valence-corrected chi connectivity index (χ2v) is 8.78. The van der Waals surface area contributed by atoms with Gasteiger partial charge in [0, 0.05) is 6.07 Å². The van der Waals surface area contributed by atoms with Gasteiger partial charge in [0.05, 0.1) is 16.1 Å². The molecule has 8 heteroatoms. The van der Waals surface area contributed by atoms with Crippen LogP contribution in [0.2, 0.25) is 5.02 Å². The first-order valence-electron chi connectivity index (χ1n) is 11.7. The molecular weight excluding hydrogens is 509 g/mol. The van der Waals surface area contributed by atoms with Gasteiger partial charge >= 0.3 is 5.97 Å². The molecule has 0 saturated carbocycles. The van der Waals surface area contributed by atoms with E-state index in [1.165, 1.54) is 24.3 Å². The summed E-state index contributed by atoms with van der Waals surface area (Å²) in [6.07, 6.45) is 0. The Morgan fingerprint density at radius 3 is 2.00 bits per heavy atom. The maximum atomic E-state index is 13.6. The van der Waals surface area contributed by atoms with Gasteiger partial charge in [0.15, 0.2) is 11.5 Å². The molecule has 0 radical (unpaired) electrons. The van der Waals surface area contributed by atoms with Gasteiger partial charge in [-0.25, -0.2) is 9.18 Å². The second kappa shape index (κ2) is 11.2. The summed E-state index contributed by atoms with van der Waals surface area (Å²) in [4.78, 5) is 12.0. The number of hydrogen-bond acceptors (Lipinski definition) is 5. The predicted molar refractivity (Wildman–Crippen MR) is 141 cm³/mol. The molecule has 1 aromatic heterocycles. The Bertz CT molecular complexity index is 1550. The van der Waals surface area contributed by atoms with Crippen LogP contribution in [-0.2, 0) is 13.2 Å². The Labute approximate surface area is 222 Å². The fourth-order valence-electron chi connectivity index (χ4n) is 3.92. The number of aromatic carboxylic acids is 1. The van der Waals surface area contributed by atoms with Gasteiger partial charge in [-0.1, -0.05) is 89.6 Å². The topological polar surface area (TPSA) is 81.8 Å². The van der Waals surface area contributed by atoms with Gasteiger partial charge < -0.3 is 19.1 Å². The lowest BCUT2D eigenvalue weighted by molar-refractivity contribution is 0.0686. The van der Waals surface area contributed by atoms with Crippen molar-refractivity contribution in [2.75, 3.05) is 0 Å². The van der Waals surface area contributed by atoms with Crippen molar-refractivity contribution < 1.29 is 28.3 Å². The van der Waals surface area contributed by atoms with Crippen molar-refractivity contribution >= 4 is 17.6 Å². The molecule has 6 nitrogen and oxygen atoms in total. The van der Waals surface area contributed by atoms with Crippen molar-refractivity contribution in [2.45, 2.75) is 13.2 Å². The van der Waals surface area contributed by atoms with Crippen LogP contribution in [0.4, 0.5) is 4.39 Å². The minimum absolute atomic E-state index is 0.119. The Balaban J connectivity index is 1.59. The number of carboxylic acids is 1. The summed E-state index contributed by atoms with van der Waals surface area (Å²) in [5, 5.41) is 13.8. The minimum Gasteiger partial charge on any atom is -0.488 e. The number of carboxylic acid groups (broad SMARTS) is 1. The van der Waals surface area contributed by atoms with Gasteiger partial charge in [0.2, 0.25) is 0 Å². The van der Waals surface area contributed by atoms with Crippen LogP contribution in [0.1, 0.15) is 21.6 Å². The number of hydrogen-bond donors (Lipinski definition) is 1. The molecule has 0 aliphatic carbocycles. The third-order valence-electron chi connectivity index (χ3n) is 5.78. The maximum Gasteiger partial charge on any atom is 0.358 e. The first-order chi connectivity index (χ1) is 18.5. The Morgan fingerprint density at radius 1 is 0.842 bits per heavy atom. The third kappa shape index (κ3) is 5.53. The van der Waals surface area contributed by atoms with Crippen LogP contribution >= 0.6 is 11.6 Å². The SMILES string of the molecule is O=C(O)c1noc(-c2cc(Cl)c(OCc3ccccc3)cc2OCc2ccccc2)c1-c1ccc(F)cc1. The summed E-state index contributed by atoms with van der Waals surface area (Å²) in [7, 11) is 0. The zero-order chi connectivity index (χ0) is 26.5. The molecule has 0 unspecified atom stereocenters. The fraction of sp³-hybridized carbons (Fsp3) is 0.0667. The summed E-state index contributed by atoms with van der Waals surface area (Å²) >= 11 is 6.61. The van der Waals surface area contributed by atoms with E-state index < -0.39 is 11.8 Å². The van der Waals surface area contributed by atoms with Crippen LogP contribution in [0.25, 0.3) is 22.5 Å². The van der Waals surface area contributed by atoms with Crippen molar-refractivity contribution in [2.24, 2.45) is 0 Å². The summed E-state index contributed by atoms with van der Waals surface area (Å²) in [6, 6.07) is 27.8. The Morgan fingerprint density at radius 2 is 1.42 bits per heavy atom. The molecule has 38 heavy (non-hydrogen) atoms. The number of ether oxygens (including phenoxy) is 2. The second-order valence-electron chi connectivity index (χ2n) is 8.37. The van der Waals surface area contributed by atoms with Crippen molar-refractivity contribution in [3.63, 3.8) is 0 Å². The van der Waals surface area contributed by atoms with Crippen molar-refractivity contribution in [3.05, 3.63) is 125 Å². The molecule has 0 aliphatic heterocycles. The standard InChI is InChI=1S/C30H21ClFNO5/c31-24-15-23(29-27(28(30(34)35)33-38-29)21-11-13-22(32)14-12-21)25(36-17-19-7-3-1-4-8-19)16-26(24)37-18-20-9-5-2-6-10-20/h1-16H,17-18H2,(H,34,35). The van der Waals surface area contributed by atoms with E-state index in [0.29, 0.717) is 22.6 Å². The lowest BCUT2D eigenvalue weighted by atomic mass is 9.98. The summed E-state index contributed by atoms with van der Waals surface area (Å²) in [5.41, 5.74) is 2.52. The van der Waals surface area contributed by atoms with Crippen LogP contribution in [-0.4, -0.2) is 16.2 Å². The number of rotatable bonds is 9. The van der Waals surface area contributed by atoms with Crippen LogP contribution in [0.5, 0.6) is 11.5 Å². The molecule has 0 atom stereocenters. The molecule has 0 amide bonds. The zero-order valence-electron chi connectivity index (χ0n) is 19.9. The Hall–Kier alpha value is -4.62. The zero-order valence-corrected chi connectivity index (χ0v) is 20.7. The van der Waals surface area contributed by atoms with E-state index >= 15 is 0 Å². The molecule has 0 fully saturated rings. The molecule has 0 saturated heterocycles. The van der Waals surface area contributed by atoms with Gasteiger partial charge in [0.1, 0.15) is 30.5 Å². The van der Waals surface area contributed by atoms with E-state index in [-0.39, 0.29) is 35.3 Å². The molecule has 190 valence electrons. The van der Waals surface area contributed by atoms with E-state index in [4.69, 9.17) is 25.6 Å². The largest absolute Gasteiger partial charge is 0.488 e. The lowest BCUT2D eigenvalue weighted by Crippen LogP contribution is -2.01. The third-order valence-corrected chi connectivity index (χ3v) is 6.08. The van der Waals surface area contributed by atoms with Crippen molar-refractivity contribution in [3.8, 4) is 33.9 Å². The fourth-order valence-corrected chi connectivity index (χ4v) is 4.14. The first kappa shape index (κ1) is 25.0. The monoisotopic (exact) mass is 529 g/mol. The highest BCUT2D eigenvalue weighted by atomic mass is 35.5. The molecule has 1 heterocycles. The number of nitrogens with zero attached hydrogens (tertiary/aromatic N) is 1. The average Bonchev–Trinajstić information content (AvgIpc) is 3.38. The van der Waals surface area contributed by atoms with Crippen molar-refractivity contribution in [1.82, 2.24) is 5.16 Å². The molecule has 1 N–H and O–H groups in total. The molecule has 0 aliphatic rings. The van der Waals surface area contributed by atoms with Crippen LogP contribution in [0, 0.1) is 5.82 Å². The molecule has 0 spiro atoms. The lowest BCUT2D eigenvalue weighted by Gasteiger charge is -2.15. The van der Waals surface area contributed by atoms with E-state index in [1.54, 1.807) is 12.1 Å². The molecular formula is C30H21ClFNO5. The van der Waals surface area contributed by atoms with Crippen LogP contribution in [0.15, 0.2) is 102 Å². The number of halogens is 2.